The maximum Gasteiger partial charge on any atom is 0.228 e. The van der Waals surface area contributed by atoms with Crippen LogP contribution in [0.2, 0.25) is 0 Å². The van der Waals surface area contributed by atoms with Crippen LogP contribution in [-0.4, -0.2) is 28.9 Å². The second-order valence-corrected chi connectivity index (χ2v) is 5.00. The first-order chi connectivity index (χ1) is 7.75. The summed E-state index contributed by atoms with van der Waals surface area (Å²) in [5.41, 5.74) is 0.846. The highest BCUT2D eigenvalue weighted by Crippen LogP contribution is 2.12. The van der Waals surface area contributed by atoms with Crippen LogP contribution in [0.3, 0.4) is 0 Å². The zero-order valence-electron chi connectivity index (χ0n) is 9.16. The average molecular weight is 283 g/mol. The predicted octanol–water partition coefficient (Wildman–Crippen LogP) is 2.40. The van der Waals surface area contributed by atoms with Crippen molar-refractivity contribution in [2.24, 2.45) is 0 Å². The number of nitrogens with zero attached hydrogens (tertiary/aromatic N) is 2. The first-order valence-corrected chi connectivity index (χ1v) is 6.43. The third-order valence-electron chi connectivity index (χ3n) is 2.83. The summed E-state index contributed by atoms with van der Waals surface area (Å²) in [6.07, 6.45) is 5.69. The molecular formula is C12H15BrN2O. The lowest BCUT2D eigenvalue weighted by Gasteiger charge is -2.26. The van der Waals surface area contributed by atoms with E-state index in [1.54, 1.807) is 6.20 Å². The molecule has 16 heavy (non-hydrogen) atoms. The highest BCUT2D eigenvalue weighted by atomic mass is 79.9. The van der Waals surface area contributed by atoms with Gasteiger partial charge in [-0.15, -0.1) is 0 Å². The van der Waals surface area contributed by atoms with Crippen LogP contribution in [0, 0.1) is 0 Å². The lowest BCUT2D eigenvalue weighted by molar-refractivity contribution is -0.131. The van der Waals surface area contributed by atoms with E-state index in [1.165, 1.54) is 6.42 Å². The molecule has 1 aliphatic rings. The molecule has 1 saturated heterocycles. The average Bonchev–Trinajstić information content (AvgIpc) is 2.33. The minimum atomic E-state index is 0.203. The molecule has 0 spiro atoms. The number of likely N-dealkylation sites (tertiary alicyclic amines) is 1. The summed E-state index contributed by atoms with van der Waals surface area (Å²) < 4.78 is 0.946. The Morgan fingerprint density at radius 2 is 2.06 bits per heavy atom. The first-order valence-electron chi connectivity index (χ1n) is 5.64. The fourth-order valence-corrected chi connectivity index (χ4v) is 2.16. The van der Waals surface area contributed by atoms with Crippen molar-refractivity contribution in [3.8, 4) is 0 Å². The number of aromatic nitrogens is 1. The Bertz CT molecular complexity index is 358. The van der Waals surface area contributed by atoms with Gasteiger partial charge in [0.2, 0.25) is 5.91 Å². The molecule has 0 saturated carbocycles. The quantitative estimate of drug-likeness (QED) is 0.835. The number of carbonyl (C=O) groups is 1. The minimum absolute atomic E-state index is 0.203. The molecular weight excluding hydrogens is 268 g/mol. The van der Waals surface area contributed by atoms with Gasteiger partial charge in [-0.2, -0.15) is 0 Å². The largest absolute Gasteiger partial charge is 0.342 e. The van der Waals surface area contributed by atoms with Crippen molar-refractivity contribution in [1.29, 1.82) is 0 Å². The number of rotatable bonds is 2. The van der Waals surface area contributed by atoms with Crippen molar-refractivity contribution in [2.45, 2.75) is 25.7 Å². The number of amides is 1. The standard InChI is InChI=1S/C12H15BrN2O/c13-10-4-5-11(14-9-10)8-12(16)15-6-2-1-3-7-15/h4-5,9H,1-3,6-8H2. The number of hydrogen-bond acceptors (Lipinski definition) is 2. The van der Waals surface area contributed by atoms with Crippen molar-refractivity contribution >= 4 is 21.8 Å². The lowest BCUT2D eigenvalue weighted by Crippen LogP contribution is -2.36. The van der Waals surface area contributed by atoms with Crippen LogP contribution in [-0.2, 0) is 11.2 Å². The highest BCUT2D eigenvalue weighted by Gasteiger charge is 2.16. The third-order valence-corrected chi connectivity index (χ3v) is 3.30. The van der Waals surface area contributed by atoms with Crippen LogP contribution in [0.4, 0.5) is 0 Å². The molecule has 2 rings (SSSR count). The molecule has 4 heteroatoms. The highest BCUT2D eigenvalue weighted by molar-refractivity contribution is 9.10. The Balaban J connectivity index is 1.93. The molecule has 0 N–H and O–H groups in total. The summed E-state index contributed by atoms with van der Waals surface area (Å²) in [4.78, 5) is 18.1. The molecule has 1 aromatic rings. The fourth-order valence-electron chi connectivity index (χ4n) is 1.92. The SMILES string of the molecule is O=C(Cc1ccc(Br)cn1)N1CCCCC1. The van der Waals surface area contributed by atoms with E-state index in [4.69, 9.17) is 0 Å². The van der Waals surface area contributed by atoms with E-state index in [-0.39, 0.29) is 5.91 Å². The third kappa shape index (κ3) is 3.04. The van der Waals surface area contributed by atoms with Gasteiger partial charge in [-0.25, -0.2) is 0 Å². The molecule has 0 unspecified atom stereocenters. The molecule has 0 atom stereocenters. The number of halogens is 1. The van der Waals surface area contributed by atoms with E-state index < -0.39 is 0 Å². The van der Waals surface area contributed by atoms with Gasteiger partial charge in [-0.05, 0) is 47.3 Å². The van der Waals surface area contributed by atoms with E-state index in [0.29, 0.717) is 6.42 Å². The summed E-state index contributed by atoms with van der Waals surface area (Å²) >= 11 is 3.33. The van der Waals surface area contributed by atoms with Crippen molar-refractivity contribution in [3.05, 3.63) is 28.5 Å². The first kappa shape index (κ1) is 11.6. The second-order valence-electron chi connectivity index (χ2n) is 4.09. The molecule has 0 bridgehead atoms. The molecule has 1 aromatic heterocycles. The summed E-state index contributed by atoms with van der Waals surface area (Å²) in [5, 5.41) is 0. The molecule has 2 heterocycles. The zero-order valence-corrected chi connectivity index (χ0v) is 10.7. The molecule has 0 aliphatic carbocycles. The molecule has 0 radical (unpaired) electrons. The lowest BCUT2D eigenvalue weighted by atomic mass is 10.1. The number of carbonyl (C=O) groups excluding carboxylic acids is 1. The van der Waals surface area contributed by atoms with Gasteiger partial charge < -0.3 is 4.90 Å². The molecule has 0 aromatic carbocycles. The summed E-state index contributed by atoms with van der Waals surface area (Å²) in [7, 11) is 0. The zero-order chi connectivity index (χ0) is 11.4. The fraction of sp³-hybridized carbons (Fsp3) is 0.500. The smallest absolute Gasteiger partial charge is 0.228 e. The topological polar surface area (TPSA) is 33.2 Å². The number of hydrogen-bond donors (Lipinski definition) is 0. The van der Waals surface area contributed by atoms with E-state index in [9.17, 15) is 4.79 Å². The summed E-state index contributed by atoms with van der Waals surface area (Å²) in [5.74, 6) is 0.203. The van der Waals surface area contributed by atoms with Crippen LogP contribution >= 0.6 is 15.9 Å². The molecule has 1 aliphatic heterocycles. The summed E-state index contributed by atoms with van der Waals surface area (Å²) in [6, 6.07) is 3.82. The van der Waals surface area contributed by atoms with Gasteiger partial charge in [-0.3, -0.25) is 9.78 Å². The predicted molar refractivity (Wildman–Crippen MR) is 66.1 cm³/mol. The normalized spacial score (nSPS) is 16.2. The van der Waals surface area contributed by atoms with Gasteiger partial charge in [0, 0.05) is 29.5 Å². The number of piperidine rings is 1. The van der Waals surface area contributed by atoms with Crippen LogP contribution in [0.5, 0.6) is 0 Å². The maximum atomic E-state index is 11.9. The van der Waals surface area contributed by atoms with E-state index >= 15 is 0 Å². The van der Waals surface area contributed by atoms with Crippen LogP contribution < -0.4 is 0 Å². The monoisotopic (exact) mass is 282 g/mol. The Morgan fingerprint density at radius 1 is 1.31 bits per heavy atom. The minimum Gasteiger partial charge on any atom is -0.342 e. The van der Waals surface area contributed by atoms with Gasteiger partial charge in [-0.1, -0.05) is 0 Å². The van der Waals surface area contributed by atoms with Crippen molar-refractivity contribution in [1.82, 2.24) is 9.88 Å². The Morgan fingerprint density at radius 3 is 2.69 bits per heavy atom. The molecule has 1 amide bonds. The Hall–Kier alpha value is -0.900. The molecule has 1 fully saturated rings. The van der Waals surface area contributed by atoms with E-state index in [0.717, 1.165) is 36.1 Å². The van der Waals surface area contributed by atoms with Gasteiger partial charge in [0.1, 0.15) is 0 Å². The van der Waals surface area contributed by atoms with Crippen LogP contribution in [0.15, 0.2) is 22.8 Å². The van der Waals surface area contributed by atoms with Crippen molar-refractivity contribution < 1.29 is 4.79 Å². The Labute approximate surface area is 104 Å². The maximum absolute atomic E-state index is 11.9. The van der Waals surface area contributed by atoms with Gasteiger partial charge in [0.05, 0.1) is 6.42 Å². The molecule has 86 valence electrons. The Kier molecular flexibility index (Phi) is 3.93. The van der Waals surface area contributed by atoms with Crippen molar-refractivity contribution in [3.63, 3.8) is 0 Å². The summed E-state index contributed by atoms with van der Waals surface area (Å²) in [6.45, 7) is 1.82. The van der Waals surface area contributed by atoms with Gasteiger partial charge >= 0.3 is 0 Å². The second kappa shape index (κ2) is 5.43. The van der Waals surface area contributed by atoms with Gasteiger partial charge in [0.15, 0.2) is 0 Å². The van der Waals surface area contributed by atoms with Crippen LogP contribution in [0.25, 0.3) is 0 Å². The molecule has 3 nitrogen and oxygen atoms in total. The van der Waals surface area contributed by atoms with Crippen molar-refractivity contribution in [2.75, 3.05) is 13.1 Å². The van der Waals surface area contributed by atoms with Gasteiger partial charge in [0.25, 0.3) is 0 Å². The van der Waals surface area contributed by atoms with E-state index in [1.807, 2.05) is 17.0 Å². The van der Waals surface area contributed by atoms with Crippen LogP contribution in [0.1, 0.15) is 25.0 Å². The van der Waals surface area contributed by atoms with E-state index in [2.05, 4.69) is 20.9 Å². The number of pyridine rings is 1.